The van der Waals surface area contributed by atoms with E-state index in [1.807, 2.05) is 69.2 Å². The van der Waals surface area contributed by atoms with Crippen LogP contribution in [0.25, 0.3) is 0 Å². The standard InChI is InChI=1S/C33H54N6O7/c1-17(2)35-30(45)46-16-21(31(3,4)5)37-29(44)38-25(32(6,7)8)28(43)39-15-19-22(33(19,9)10)23(39)26(41)36-20(14-18-12-13-18)24(40)27(42)34-11/h17-23,25H,11-16H2,1-10H3,(H,35,45)(H,36,41)(H2,37,38,44)/t19-,20?,21+,22-,23?,25?/m0/s1. The van der Waals surface area contributed by atoms with E-state index in [4.69, 9.17) is 4.74 Å². The Labute approximate surface area is 272 Å². The third-order valence-corrected chi connectivity index (χ3v) is 9.54. The average Bonchev–Trinajstić information content (AvgIpc) is 3.78. The molecule has 0 aromatic heterocycles. The quantitative estimate of drug-likeness (QED) is 0.186. The summed E-state index contributed by atoms with van der Waals surface area (Å²) in [5, 5.41) is 11.1. The second-order valence-electron chi connectivity index (χ2n) is 16.2. The summed E-state index contributed by atoms with van der Waals surface area (Å²) in [4.78, 5) is 83.3. The summed E-state index contributed by atoms with van der Waals surface area (Å²) >= 11 is 0. The zero-order valence-corrected chi connectivity index (χ0v) is 29.1. The first kappa shape index (κ1) is 37.0. The van der Waals surface area contributed by atoms with Crippen LogP contribution in [-0.2, 0) is 23.9 Å². The number of urea groups is 1. The average molecular weight is 647 g/mol. The maximum Gasteiger partial charge on any atom is 0.407 e. The van der Waals surface area contributed by atoms with E-state index in [2.05, 4.69) is 33.0 Å². The first-order valence-electron chi connectivity index (χ1n) is 16.3. The van der Waals surface area contributed by atoms with E-state index in [-0.39, 0.29) is 35.8 Å². The second-order valence-corrected chi connectivity index (χ2v) is 16.2. The van der Waals surface area contributed by atoms with Crippen LogP contribution in [0.1, 0.15) is 88.5 Å². The van der Waals surface area contributed by atoms with Crippen molar-refractivity contribution < 1.29 is 33.5 Å². The van der Waals surface area contributed by atoms with Gasteiger partial charge in [-0.05, 0) is 61.0 Å². The molecule has 6 atom stereocenters. The third kappa shape index (κ3) is 8.85. The van der Waals surface area contributed by atoms with Gasteiger partial charge in [0.15, 0.2) is 0 Å². The summed E-state index contributed by atoms with van der Waals surface area (Å²) in [7, 11) is 0. The number of nitrogens with one attached hydrogen (secondary N) is 4. The van der Waals surface area contributed by atoms with Gasteiger partial charge in [-0.25, -0.2) is 14.6 Å². The molecule has 4 N–H and O–H groups in total. The van der Waals surface area contributed by atoms with Crippen LogP contribution in [0, 0.1) is 34.0 Å². The summed E-state index contributed by atoms with van der Waals surface area (Å²) in [5.41, 5.74) is -1.43. The maximum absolute atomic E-state index is 14.3. The normalized spacial score (nSPS) is 23.7. The van der Waals surface area contributed by atoms with Gasteiger partial charge in [-0.1, -0.05) is 68.2 Å². The molecule has 3 aliphatic rings. The van der Waals surface area contributed by atoms with Crippen molar-refractivity contribution in [3.05, 3.63) is 0 Å². The molecule has 0 aromatic rings. The van der Waals surface area contributed by atoms with Crippen molar-refractivity contribution in [1.82, 2.24) is 26.2 Å². The molecule has 1 saturated heterocycles. The molecular formula is C33H54N6O7. The summed E-state index contributed by atoms with van der Waals surface area (Å²) < 4.78 is 5.35. The fraction of sp³-hybridized carbons (Fsp3) is 0.788. The Morgan fingerprint density at radius 3 is 2.04 bits per heavy atom. The molecular weight excluding hydrogens is 592 g/mol. The summed E-state index contributed by atoms with van der Waals surface area (Å²) in [6.45, 7) is 22.3. The molecule has 1 aliphatic heterocycles. The molecule has 13 nitrogen and oxygen atoms in total. The molecule has 258 valence electrons. The largest absolute Gasteiger partial charge is 0.447 e. The van der Waals surface area contributed by atoms with Gasteiger partial charge in [0.05, 0.1) is 12.1 Å². The number of piperidine rings is 1. The lowest BCUT2D eigenvalue weighted by atomic mass is 9.85. The number of ether oxygens (including phenoxy) is 1. The van der Waals surface area contributed by atoms with Crippen LogP contribution in [0.5, 0.6) is 0 Å². The van der Waals surface area contributed by atoms with Crippen molar-refractivity contribution >= 4 is 42.3 Å². The predicted molar refractivity (Wildman–Crippen MR) is 173 cm³/mol. The highest BCUT2D eigenvalue weighted by atomic mass is 16.5. The highest BCUT2D eigenvalue weighted by molar-refractivity contribution is 6.39. The topological polar surface area (TPSA) is 175 Å². The van der Waals surface area contributed by atoms with Gasteiger partial charge in [0.2, 0.25) is 17.6 Å². The second kappa shape index (κ2) is 13.7. The van der Waals surface area contributed by atoms with E-state index in [1.54, 1.807) is 0 Å². The van der Waals surface area contributed by atoms with Crippen LogP contribution in [0.15, 0.2) is 4.99 Å². The minimum atomic E-state index is -1.04. The lowest BCUT2D eigenvalue weighted by Gasteiger charge is -2.38. The number of fused-ring (bicyclic) bond motifs is 1. The molecule has 0 bridgehead atoms. The van der Waals surface area contributed by atoms with Gasteiger partial charge in [-0.3, -0.25) is 19.2 Å². The van der Waals surface area contributed by atoms with E-state index < -0.39 is 70.6 Å². The number of nitrogens with zero attached hydrogens (tertiary/aromatic N) is 2. The fourth-order valence-electron chi connectivity index (χ4n) is 6.31. The minimum absolute atomic E-state index is 0.0649. The monoisotopic (exact) mass is 646 g/mol. The summed E-state index contributed by atoms with van der Waals surface area (Å²) in [6.07, 6.45) is 1.55. The number of aliphatic imine (C=N–C) groups is 1. The molecule has 3 rings (SSSR count). The van der Waals surface area contributed by atoms with E-state index in [9.17, 15) is 28.8 Å². The Morgan fingerprint density at radius 1 is 0.935 bits per heavy atom. The Kier molecular flexibility index (Phi) is 11.0. The van der Waals surface area contributed by atoms with Gasteiger partial charge >= 0.3 is 18.0 Å². The van der Waals surface area contributed by atoms with Gasteiger partial charge in [0.1, 0.15) is 18.7 Å². The van der Waals surface area contributed by atoms with Crippen molar-refractivity contribution in [1.29, 1.82) is 0 Å². The number of hydrogen-bond donors (Lipinski definition) is 4. The number of ketones is 1. The van der Waals surface area contributed by atoms with E-state index in [0.29, 0.717) is 13.0 Å². The van der Waals surface area contributed by atoms with Crippen molar-refractivity contribution in [2.24, 2.45) is 39.0 Å². The molecule has 13 heteroatoms. The Morgan fingerprint density at radius 2 is 1.54 bits per heavy atom. The SMILES string of the molecule is C=NC(=O)C(=O)C(CC1CC1)NC(=O)C1[C@@H]2[C@H](CN1C(=O)C(NC(=O)N[C@H](COC(=O)NC(C)C)C(C)(C)C)C(C)(C)C)C2(C)C. The highest BCUT2D eigenvalue weighted by Crippen LogP contribution is 2.65. The van der Waals surface area contributed by atoms with Crippen molar-refractivity contribution in [2.45, 2.75) is 119 Å². The Balaban J connectivity index is 1.79. The van der Waals surface area contributed by atoms with Crippen molar-refractivity contribution in [3.63, 3.8) is 0 Å². The summed E-state index contributed by atoms with van der Waals surface area (Å²) in [6, 6.07) is -4.23. The van der Waals surface area contributed by atoms with Gasteiger partial charge in [0, 0.05) is 12.6 Å². The molecule has 3 fully saturated rings. The van der Waals surface area contributed by atoms with Crippen LogP contribution in [0.3, 0.4) is 0 Å². The molecule has 0 aromatic carbocycles. The van der Waals surface area contributed by atoms with Crippen LogP contribution in [-0.4, -0.2) is 90.6 Å². The third-order valence-electron chi connectivity index (χ3n) is 9.54. The number of carbonyl (C=O) groups is 6. The maximum atomic E-state index is 14.3. The lowest BCUT2D eigenvalue weighted by molar-refractivity contribution is -0.145. The first-order chi connectivity index (χ1) is 21.1. The van der Waals surface area contributed by atoms with Crippen LogP contribution in [0.2, 0.25) is 0 Å². The van der Waals surface area contributed by atoms with E-state index in [0.717, 1.165) is 12.8 Å². The molecule has 2 aliphatic carbocycles. The van der Waals surface area contributed by atoms with Gasteiger partial charge in [-0.2, -0.15) is 0 Å². The van der Waals surface area contributed by atoms with Crippen LogP contribution >= 0.6 is 0 Å². The number of carbonyl (C=O) groups excluding carboxylic acids is 6. The van der Waals surface area contributed by atoms with Gasteiger partial charge in [0.25, 0.3) is 0 Å². The van der Waals surface area contributed by atoms with Crippen molar-refractivity contribution in [2.75, 3.05) is 13.2 Å². The van der Waals surface area contributed by atoms with Crippen LogP contribution < -0.4 is 21.3 Å². The van der Waals surface area contributed by atoms with E-state index in [1.165, 1.54) is 4.90 Å². The zero-order chi connectivity index (χ0) is 34.9. The molecule has 1 heterocycles. The number of alkyl carbamates (subject to hydrolysis) is 1. The molecule has 2 saturated carbocycles. The fourth-order valence-corrected chi connectivity index (χ4v) is 6.31. The molecule has 0 spiro atoms. The van der Waals surface area contributed by atoms with Gasteiger partial charge in [-0.15, -0.1) is 0 Å². The Bertz CT molecular complexity index is 1230. The molecule has 0 radical (unpaired) electrons. The minimum Gasteiger partial charge on any atom is -0.447 e. The smallest absolute Gasteiger partial charge is 0.407 e. The summed E-state index contributed by atoms with van der Waals surface area (Å²) in [5.74, 6) is -2.58. The number of Topliss-reactive ketones (excluding diaryl/α,β-unsaturated/α-hetero) is 1. The van der Waals surface area contributed by atoms with E-state index >= 15 is 0 Å². The van der Waals surface area contributed by atoms with Crippen LogP contribution in [0.4, 0.5) is 9.59 Å². The molecule has 6 amide bonds. The number of rotatable bonds is 12. The number of amides is 6. The lowest BCUT2D eigenvalue weighted by Crippen LogP contribution is -2.62. The molecule has 46 heavy (non-hydrogen) atoms. The zero-order valence-electron chi connectivity index (χ0n) is 29.1. The molecule has 3 unspecified atom stereocenters. The number of hydrogen-bond acceptors (Lipinski definition) is 7. The first-order valence-corrected chi connectivity index (χ1v) is 16.3. The number of likely N-dealkylation sites (tertiary alicyclic amines) is 1. The van der Waals surface area contributed by atoms with Gasteiger partial charge < -0.3 is 30.9 Å². The van der Waals surface area contributed by atoms with Crippen molar-refractivity contribution in [3.8, 4) is 0 Å². The highest BCUT2D eigenvalue weighted by Gasteiger charge is 2.70. The predicted octanol–water partition coefficient (Wildman–Crippen LogP) is 2.81. The Hall–Kier alpha value is -3.51.